The van der Waals surface area contributed by atoms with E-state index in [0.717, 1.165) is 16.6 Å². The maximum atomic E-state index is 12.1. The molecule has 0 radical (unpaired) electrons. The van der Waals surface area contributed by atoms with Gasteiger partial charge in [-0.05, 0) is 30.6 Å². The van der Waals surface area contributed by atoms with E-state index >= 15 is 0 Å². The van der Waals surface area contributed by atoms with Crippen molar-refractivity contribution in [1.29, 1.82) is 0 Å². The summed E-state index contributed by atoms with van der Waals surface area (Å²) in [5.74, 6) is -0.203. The fourth-order valence-corrected chi connectivity index (χ4v) is 2.30. The Morgan fingerprint density at radius 3 is 2.61 bits per heavy atom. The van der Waals surface area contributed by atoms with Gasteiger partial charge in [0.2, 0.25) is 11.8 Å². The standard InChI is InChI=1S/C16H22N4O2.ClH/c1-11(9-17-2)16(22)19-13-5-4-12-6-7-20(14(12)8-13)10-15(21)18-3;/h4-8,11,17H,9-10H2,1-3H3,(H,18,21)(H,19,22);1H. The van der Waals surface area contributed by atoms with Gasteiger partial charge in [0.05, 0.1) is 5.52 Å². The van der Waals surface area contributed by atoms with Gasteiger partial charge in [-0.15, -0.1) is 12.4 Å². The van der Waals surface area contributed by atoms with Crippen molar-refractivity contribution in [2.75, 3.05) is 26.0 Å². The molecule has 6 nitrogen and oxygen atoms in total. The first kappa shape index (κ1) is 19.0. The van der Waals surface area contributed by atoms with Crippen LogP contribution in [0.4, 0.5) is 5.69 Å². The quantitative estimate of drug-likeness (QED) is 0.749. The molecule has 0 fully saturated rings. The third-order valence-corrected chi connectivity index (χ3v) is 3.59. The van der Waals surface area contributed by atoms with Gasteiger partial charge >= 0.3 is 0 Å². The lowest BCUT2D eigenvalue weighted by molar-refractivity contribution is -0.121. The second kappa shape index (κ2) is 8.55. The van der Waals surface area contributed by atoms with E-state index in [1.165, 1.54) is 0 Å². The lowest BCUT2D eigenvalue weighted by Crippen LogP contribution is -2.28. The molecule has 0 saturated carbocycles. The van der Waals surface area contributed by atoms with Gasteiger partial charge in [-0.3, -0.25) is 9.59 Å². The molecule has 1 heterocycles. The first-order chi connectivity index (χ1) is 10.5. The van der Waals surface area contributed by atoms with Crippen LogP contribution in [0.15, 0.2) is 30.5 Å². The Morgan fingerprint density at radius 2 is 1.96 bits per heavy atom. The second-order valence-electron chi connectivity index (χ2n) is 5.34. The molecule has 0 bridgehead atoms. The zero-order valence-electron chi connectivity index (χ0n) is 13.6. The van der Waals surface area contributed by atoms with Gasteiger partial charge in [-0.25, -0.2) is 0 Å². The average molecular weight is 339 g/mol. The average Bonchev–Trinajstić information content (AvgIpc) is 2.89. The predicted molar refractivity (Wildman–Crippen MR) is 95.0 cm³/mol. The Hall–Kier alpha value is -2.05. The van der Waals surface area contributed by atoms with Crippen LogP contribution in [0.25, 0.3) is 10.9 Å². The molecule has 1 atom stereocenters. The van der Waals surface area contributed by atoms with Gasteiger partial charge in [0.25, 0.3) is 0 Å². The highest BCUT2D eigenvalue weighted by Gasteiger charge is 2.13. The molecule has 7 heteroatoms. The van der Waals surface area contributed by atoms with Crippen molar-refractivity contribution in [2.24, 2.45) is 5.92 Å². The fourth-order valence-electron chi connectivity index (χ4n) is 2.30. The van der Waals surface area contributed by atoms with E-state index in [2.05, 4.69) is 16.0 Å². The van der Waals surface area contributed by atoms with Crippen LogP contribution in [-0.2, 0) is 16.1 Å². The van der Waals surface area contributed by atoms with Crippen molar-refractivity contribution in [2.45, 2.75) is 13.5 Å². The summed E-state index contributed by atoms with van der Waals surface area (Å²) in [5, 5.41) is 9.54. The lowest BCUT2D eigenvalue weighted by atomic mass is 10.1. The van der Waals surface area contributed by atoms with E-state index in [0.29, 0.717) is 6.54 Å². The lowest BCUT2D eigenvalue weighted by Gasteiger charge is -2.12. The number of aromatic nitrogens is 1. The molecule has 3 N–H and O–H groups in total. The maximum Gasteiger partial charge on any atom is 0.239 e. The number of rotatable bonds is 6. The number of nitrogens with one attached hydrogen (secondary N) is 3. The van der Waals surface area contributed by atoms with Crippen molar-refractivity contribution in [3.63, 3.8) is 0 Å². The number of nitrogens with zero attached hydrogens (tertiary/aromatic N) is 1. The molecule has 1 aromatic heterocycles. The highest BCUT2D eigenvalue weighted by atomic mass is 35.5. The number of amides is 2. The number of fused-ring (bicyclic) bond motifs is 1. The van der Waals surface area contributed by atoms with E-state index < -0.39 is 0 Å². The van der Waals surface area contributed by atoms with Crippen LogP contribution in [0, 0.1) is 5.92 Å². The van der Waals surface area contributed by atoms with E-state index in [9.17, 15) is 9.59 Å². The van der Waals surface area contributed by atoms with Crippen molar-refractivity contribution >= 4 is 40.8 Å². The molecule has 2 amide bonds. The van der Waals surface area contributed by atoms with Crippen LogP contribution >= 0.6 is 12.4 Å². The SMILES string of the molecule is CNCC(C)C(=O)Nc1ccc2ccn(CC(=O)NC)c2c1.Cl. The molecular formula is C16H23ClN4O2. The van der Waals surface area contributed by atoms with E-state index in [1.807, 2.05) is 49.0 Å². The molecule has 23 heavy (non-hydrogen) atoms. The van der Waals surface area contributed by atoms with E-state index in [1.54, 1.807) is 7.05 Å². The molecule has 1 aromatic carbocycles. The Balaban J connectivity index is 0.00000264. The number of anilines is 1. The first-order valence-corrected chi connectivity index (χ1v) is 7.30. The summed E-state index contributed by atoms with van der Waals surface area (Å²) in [5.41, 5.74) is 1.65. The number of benzene rings is 1. The van der Waals surface area contributed by atoms with Gasteiger partial charge < -0.3 is 20.5 Å². The summed E-state index contributed by atoms with van der Waals surface area (Å²) >= 11 is 0. The van der Waals surface area contributed by atoms with Gasteiger partial charge in [0.1, 0.15) is 6.54 Å². The molecule has 0 aliphatic heterocycles. The number of hydrogen-bond donors (Lipinski definition) is 3. The Bertz CT molecular complexity index is 684. The monoisotopic (exact) mass is 338 g/mol. The second-order valence-corrected chi connectivity index (χ2v) is 5.34. The minimum atomic E-state index is -0.113. The van der Waals surface area contributed by atoms with E-state index in [-0.39, 0.29) is 36.7 Å². The molecule has 0 spiro atoms. The Kier molecular flexibility index (Phi) is 7.06. The van der Waals surface area contributed by atoms with Crippen molar-refractivity contribution in [3.8, 4) is 0 Å². The summed E-state index contributed by atoms with van der Waals surface area (Å²) in [6.45, 7) is 2.76. The molecule has 2 rings (SSSR count). The highest BCUT2D eigenvalue weighted by molar-refractivity contribution is 5.95. The minimum Gasteiger partial charge on any atom is -0.358 e. The summed E-state index contributed by atoms with van der Waals surface area (Å²) in [4.78, 5) is 23.6. The van der Waals surface area contributed by atoms with Crippen molar-refractivity contribution < 1.29 is 9.59 Å². The number of carbonyl (C=O) groups excluding carboxylic acids is 2. The normalized spacial score (nSPS) is 11.6. The third kappa shape index (κ3) is 4.71. The van der Waals surface area contributed by atoms with Crippen LogP contribution in [0.1, 0.15) is 6.92 Å². The highest BCUT2D eigenvalue weighted by Crippen LogP contribution is 2.21. The van der Waals surface area contributed by atoms with Crippen molar-refractivity contribution in [3.05, 3.63) is 30.5 Å². The third-order valence-electron chi connectivity index (χ3n) is 3.59. The topological polar surface area (TPSA) is 75.2 Å². The van der Waals surface area contributed by atoms with Crippen LogP contribution in [0.5, 0.6) is 0 Å². The van der Waals surface area contributed by atoms with Gasteiger partial charge in [-0.1, -0.05) is 13.0 Å². The summed E-state index contributed by atoms with van der Waals surface area (Å²) < 4.78 is 1.86. The molecular weight excluding hydrogens is 316 g/mol. The first-order valence-electron chi connectivity index (χ1n) is 7.30. The Morgan fingerprint density at radius 1 is 1.22 bits per heavy atom. The smallest absolute Gasteiger partial charge is 0.239 e. The summed E-state index contributed by atoms with van der Waals surface area (Å²) in [6.07, 6.45) is 1.87. The van der Waals surface area contributed by atoms with Crippen molar-refractivity contribution in [1.82, 2.24) is 15.2 Å². The predicted octanol–water partition coefficient (Wildman–Crippen LogP) is 1.60. The summed E-state index contributed by atoms with van der Waals surface area (Å²) in [7, 11) is 3.43. The molecule has 0 saturated heterocycles. The number of carbonyl (C=O) groups is 2. The van der Waals surface area contributed by atoms with E-state index in [4.69, 9.17) is 0 Å². The number of likely N-dealkylation sites (N-methyl/N-ethyl adjacent to an activating group) is 1. The minimum absolute atomic E-state index is 0. The zero-order valence-corrected chi connectivity index (χ0v) is 14.4. The van der Waals surface area contributed by atoms with Gasteiger partial charge in [-0.2, -0.15) is 0 Å². The van der Waals surface area contributed by atoms with Crippen LogP contribution in [0.3, 0.4) is 0 Å². The number of halogens is 1. The van der Waals surface area contributed by atoms with Gasteiger partial charge in [0, 0.05) is 31.4 Å². The zero-order chi connectivity index (χ0) is 16.1. The van der Waals surface area contributed by atoms with Gasteiger partial charge in [0.15, 0.2) is 0 Å². The largest absolute Gasteiger partial charge is 0.358 e. The molecule has 2 aromatic rings. The van der Waals surface area contributed by atoms with Crippen LogP contribution in [0.2, 0.25) is 0 Å². The van der Waals surface area contributed by atoms with Crippen LogP contribution in [-0.4, -0.2) is 37.0 Å². The molecule has 1 unspecified atom stereocenters. The molecule has 126 valence electrons. The maximum absolute atomic E-state index is 12.1. The Labute approximate surface area is 142 Å². The molecule has 0 aliphatic carbocycles. The summed E-state index contributed by atoms with van der Waals surface area (Å²) in [6, 6.07) is 7.65. The number of hydrogen-bond acceptors (Lipinski definition) is 3. The van der Waals surface area contributed by atoms with Crippen LogP contribution < -0.4 is 16.0 Å². The molecule has 0 aliphatic rings. The fraction of sp³-hybridized carbons (Fsp3) is 0.375.